The van der Waals surface area contributed by atoms with Crippen molar-refractivity contribution in [1.82, 2.24) is 10.2 Å². The molecule has 88 valence electrons. The number of hydrogen-bond acceptors (Lipinski definition) is 4. The van der Waals surface area contributed by atoms with Crippen LogP contribution in [-0.4, -0.2) is 35.5 Å². The second-order valence-corrected chi connectivity index (χ2v) is 5.92. The zero-order chi connectivity index (χ0) is 11.5. The molecule has 0 radical (unpaired) electrons. The first kappa shape index (κ1) is 12.0. The maximum Gasteiger partial charge on any atom is 0.240 e. The van der Waals surface area contributed by atoms with Crippen molar-refractivity contribution in [2.75, 3.05) is 18.7 Å². The standard InChI is InChI=1S/C11H16N2OS2/c1-8(10-4-3-5-16-10)13(2)11(14)9-6-15-7-12-9/h3-5,8-9,12H,6-7H2,1-2H3. The zero-order valence-corrected chi connectivity index (χ0v) is 11.1. The van der Waals surface area contributed by atoms with Crippen LogP contribution in [0.2, 0.25) is 0 Å². The van der Waals surface area contributed by atoms with E-state index in [1.165, 1.54) is 4.88 Å². The van der Waals surface area contributed by atoms with Gasteiger partial charge in [-0.25, -0.2) is 0 Å². The van der Waals surface area contributed by atoms with E-state index in [9.17, 15) is 4.79 Å². The summed E-state index contributed by atoms with van der Waals surface area (Å²) in [6, 6.07) is 4.27. The number of carbonyl (C=O) groups excluding carboxylic acids is 1. The quantitative estimate of drug-likeness (QED) is 0.897. The molecule has 2 heterocycles. The van der Waals surface area contributed by atoms with Crippen molar-refractivity contribution in [3.63, 3.8) is 0 Å². The first-order valence-corrected chi connectivity index (χ1v) is 7.35. The highest BCUT2D eigenvalue weighted by Gasteiger charge is 2.28. The predicted octanol–water partition coefficient (Wildman–Crippen LogP) is 1.93. The van der Waals surface area contributed by atoms with Gasteiger partial charge in [-0.05, 0) is 18.4 Å². The highest BCUT2D eigenvalue weighted by atomic mass is 32.2. The summed E-state index contributed by atoms with van der Waals surface area (Å²) in [7, 11) is 1.89. The Bertz CT molecular complexity index is 347. The fraction of sp³-hybridized carbons (Fsp3) is 0.545. The minimum atomic E-state index is -0.00240. The second-order valence-electron chi connectivity index (χ2n) is 3.91. The average Bonchev–Trinajstić information content (AvgIpc) is 2.97. The lowest BCUT2D eigenvalue weighted by Crippen LogP contribution is -2.43. The second kappa shape index (κ2) is 5.21. The molecule has 0 saturated carbocycles. The van der Waals surface area contributed by atoms with Gasteiger partial charge in [0.1, 0.15) is 0 Å². The van der Waals surface area contributed by atoms with Crippen molar-refractivity contribution in [1.29, 1.82) is 0 Å². The third-order valence-electron chi connectivity index (χ3n) is 2.90. The van der Waals surface area contributed by atoms with Crippen LogP contribution in [0.15, 0.2) is 17.5 Å². The van der Waals surface area contributed by atoms with Gasteiger partial charge in [-0.15, -0.1) is 23.1 Å². The maximum absolute atomic E-state index is 12.1. The summed E-state index contributed by atoms with van der Waals surface area (Å²) >= 11 is 3.48. The molecular formula is C11H16N2OS2. The topological polar surface area (TPSA) is 32.3 Å². The Hall–Kier alpha value is -0.520. The summed E-state index contributed by atoms with van der Waals surface area (Å²) in [6.45, 7) is 2.08. The van der Waals surface area contributed by atoms with Gasteiger partial charge in [-0.1, -0.05) is 6.07 Å². The lowest BCUT2D eigenvalue weighted by atomic mass is 10.2. The number of carbonyl (C=O) groups is 1. The number of likely N-dealkylation sites (N-methyl/N-ethyl adjacent to an activating group) is 1. The van der Waals surface area contributed by atoms with Gasteiger partial charge < -0.3 is 4.90 Å². The molecule has 5 heteroatoms. The zero-order valence-electron chi connectivity index (χ0n) is 9.47. The van der Waals surface area contributed by atoms with E-state index < -0.39 is 0 Å². The molecular weight excluding hydrogens is 240 g/mol. The number of nitrogens with zero attached hydrogens (tertiary/aromatic N) is 1. The summed E-state index contributed by atoms with van der Waals surface area (Å²) in [4.78, 5) is 15.2. The molecule has 1 aliphatic heterocycles. The molecule has 2 rings (SSSR count). The molecule has 0 spiro atoms. The fourth-order valence-electron chi connectivity index (χ4n) is 1.71. The van der Waals surface area contributed by atoms with Crippen molar-refractivity contribution in [3.8, 4) is 0 Å². The van der Waals surface area contributed by atoms with Crippen molar-refractivity contribution in [2.45, 2.75) is 19.0 Å². The van der Waals surface area contributed by atoms with Crippen LogP contribution in [0.4, 0.5) is 0 Å². The lowest BCUT2D eigenvalue weighted by molar-refractivity contribution is -0.133. The third-order valence-corrected chi connectivity index (χ3v) is 4.88. The molecule has 1 N–H and O–H groups in total. The van der Waals surface area contributed by atoms with E-state index in [2.05, 4.69) is 18.3 Å². The van der Waals surface area contributed by atoms with E-state index in [1.54, 1.807) is 23.1 Å². The minimum absolute atomic E-state index is 0.00240. The van der Waals surface area contributed by atoms with Crippen LogP contribution in [0.5, 0.6) is 0 Å². The monoisotopic (exact) mass is 256 g/mol. The summed E-state index contributed by atoms with van der Waals surface area (Å²) in [5.41, 5.74) is 0. The average molecular weight is 256 g/mol. The molecule has 16 heavy (non-hydrogen) atoms. The largest absolute Gasteiger partial charge is 0.337 e. The van der Waals surface area contributed by atoms with Crippen LogP contribution in [-0.2, 0) is 4.79 Å². The highest BCUT2D eigenvalue weighted by molar-refractivity contribution is 7.99. The number of amides is 1. The van der Waals surface area contributed by atoms with Crippen molar-refractivity contribution in [3.05, 3.63) is 22.4 Å². The Morgan fingerprint density at radius 1 is 1.69 bits per heavy atom. The number of thiophene rings is 1. The van der Waals surface area contributed by atoms with Gasteiger partial charge in [-0.3, -0.25) is 10.1 Å². The fourth-order valence-corrected chi connectivity index (χ4v) is 3.47. The molecule has 0 aromatic carbocycles. The van der Waals surface area contributed by atoms with Gasteiger partial charge in [-0.2, -0.15) is 0 Å². The normalized spacial score (nSPS) is 22.0. The lowest BCUT2D eigenvalue weighted by Gasteiger charge is -2.26. The van der Waals surface area contributed by atoms with Gasteiger partial charge in [0.2, 0.25) is 5.91 Å². The molecule has 1 amide bonds. The first-order chi connectivity index (χ1) is 7.70. The third kappa shape index (κ3) is 2.42. The SMILES string of the molecule is CC(c1cccs1)N(C)C(=O)C1CSCN1. The summed E-state index contributed by atoms with van der Waals surface area (Å²) in [6.07, 6.45) is 0. The van der Waals surface area contributed by atoms with Crippen LogP contribution in [0, 0.1) is 0 Å². The number of nitrogens with one attached hydrogen (secondary N) is 1. The van der Waals surface area contributed by atoms with Gasteiger partial charge in [0, 0.05) is 23.6 Å². The molecule has 3 nitrogen and oxygen atoms in total. The molecule has 1 saturated heterocycles. The molecule has 1 fully saturated rings. The summed E-state index contributed by atoms with van der Waals surface area (Å²) < 4.78 is 0. The van der Waals surface area contributed by atoms with E-state index in [4.69, 9.17) is 0 Å². The Morgan fingerprint density at radius 2 is 2.50 bits per heavy atom. The van der Waals surface area contributed by atoms with Crippen molar-refractivity contribution >= 4 is 29.0 Å². The van der Waals surface area contributed by atoms with E-state index in [1.807, 2.05) is 23.4 Å². The molecule has 1 aromatic heterocycles. The Balaban J connectivity index is 2.01. The Kier molecular flexibility index (Phi) is 3.89. The molecule has 2 atom stereocenters. The van der Waals surface area contributed by atoms with Crippen LogP contribution in [0.3, 0.4) is 0 Å². The van der Waals surface area contributed by atoms with Crippen LogP contribution < -0.4 is 5.32 Å². The highest BCUT2D eigenvalue weighted by Crippen LogP contribution is 2.24. The number of rotatable bonds is 3. The van der Waals surface area contributed by atoms with E-state index in [0.29, 0.717) is 0 Å². The van der Waals surface area contributed by atoms with Crippen LogP contribution >= 0.6 is 23.1 Å². The van der Waals surface area contributed by atoms with Crippen LogP contribution in [0.25, 0.3) is 0 Å². The van der Waals surface area contributed by atoms with Crippen molar-refractivity contribution in [2.24, 2.45) is 0 Å². The molecule has 2 unspecified atom stereocenters. The van der Waals surface area contributed by atoms with Gasteiger partial charge >= 0.3 is 0 Å². The molecule has 1 aromatic rings. The Labute approximate surface area is 104 Å². The number of hydrogen-bond donors (Lipinski definition) is 1. The Morgan fingerprint density at radius 3 is 3.06 bits per heavy atom. The summed E-state index contributed by atoms with van der Waals surface area (Å²) in [5.74, 6) is 1.98. The number of thioether (sulfide) groups is 1. The van der Waals surface area contributed by atoms with Crippen molar-refractivity contribution < 1.29 is 4.79 Å². The predicted molar refractivity (Wildman–Crippen MR) is 69.8 cm³/mol. The van der Waals surface area contributed by atoms with Gasteiger partial charge in [0.15, 0.2) is 0 Å². The van der Waals surface area contributed by atoms with E-state index >= 15 is 0 Å². The smallest absolute Gasteiger partial charge is 0.240 e. The van der Waals surface area contributed by atoms with Gasteiger partial charge in [0.05, 0.1) is 12.1 Å². The van der Waals surface area contributed by atoms with Crippen LogP contribution in [0.1, 0.15) is 17.8 Å². The first-order valence-electron chi connectivity index (χ1n) is 5.31. The van der Waals surface area contributed by atoms with E-state index in [-0.39, 0.29) is 18.0 Å². The molecule has 0 aliphatic carbocycles. The summed E-state index contributed by atoms with van der Waals surface area (Å²) in [5, 5.41) is 5.26. The minimum Gasteiger partial charge on any atom is -0.337 e. The maximum atomic E-state index is 12.1. The van der Waals surface area contributed by atoms with Gasteiger partial charge in [0.25, 0.3) is 0 Å². The van der Waals surface area contributed by atoms with E-state index in [0.717, 1.165) is 11.6 Å². The molecule has 0 bridgehead atoms. The molecule has 1 aliphatic rings.